The van der Waals surface area contributed by atoms with E-state index in [-0.39, 0.29) is 0 Å². The highest BCUT2D eigenvalue weighted by Gasteiger charge is 2.27. The van der Waals surface area contributed by atoms with Gasteiger partial charge in [-0.05, 0) is 25.0 Å². The number of anilines is 1. The van der Waals surface area contributed by atoms with Crippen LogP contribution in [-0.2, 0) is 0 Å². The summed E-state index contributed by atoms with van der Waals surface area (Å²) in [5.41, 5.74) is 2.51. The molecular weight excluding hydrogens is 299 g/mol. The molecule has 0 saturated heterocycles. The quantitative estimate of drug-likeness (QED) is 0.665. The number of rotatable bonds is 4. The van der Waals surface area contributed by atoms with E-state index in [0.717, 1.165) is 18.7 Å². The summed E-state index contributed by atoms with van der Waals surface area (Å²) in [5.74, 6) is 7.88. The number of nitrogens with one attached hydrogen (secondary N) is 1. The Morgan fingerprint density at radius 2 is 2.05 bits per heavy atom. The smallest absolute Gasteiger partial charge is 0.224 e. The van der Waals surface area contributed by atoms with Crippen LogP contribution in [0.1, 0.15) is 24.6 Å². The second-order valence-electron chi connectivity index (χ2n) is 4.52. The highest BCUT2D eigenvalue weighted by Crippen LogP contribution is 2.40. The van der Waals surface area contributed by atoms with Crippen LogP contribution in [0.5, 0.6) is 11.6 Å². The molecule has 0 radical (unpaired) electrons. The Morgan fingerprint density at radius 3 is 2.75 bits per heavy atom. The molecule has 3 N–H and O–H groups in total. The van der Waals surface area contributed by atoms with Crippen molar-refractivity contribution >= 4 is 29.0 Å². The van der Waals surface area contributed by atoms with Crippen molar-refractivity contribution in [1.82, 2.24) is 9.97 Å². The van der Waals surface area contributed by atoms with E-state index in [0.29, 0.717) is 33.4 Å². The van der Waals surface area contributed by atoms with E-state index in [1.54, 1.807) is 24.3 Å². The Hall–Kier alpha value is -1.56. The minimum absolute atomic E-state index is 0.350. The van der Waals surface area contributed by atoms with Crippen LogP contribution in [0.2, 0.25) is 10.0 Å². The van der Waals surface area contributed by atoms with Gasteiger partial charge in [-0.15, -0.1) is 0 Å². The number of hydrogen-bond donors (Lipinski definition) is 2. The average molecular weight is 311 g/mol. The van der Waals surface area contributed by atoms with Crippen LogP contribution in [0.3, 0.4) is 0 Å². The SMILES string of the molecule is NNc1cc(Oc2cccc(Cl)c2Cl)nc(C2CC2)n1. The molecule has 1 saturated carbocycles. The maximum Gasteiger partial charge on any atom is 0.224 e. The summed E-state index contributed by atoms with van der Waals surface area (Å²) in [7, 11) is 0. The maximum atomic E-state index is 6.09. The van der Waals surface area contributed by atoms with E-state index in [1.807, 2.05) is 0 Å². The third kappa shape index (κ3) is 2.80. The largest absolute Gasteiger partial charge is 0.437 e. The van der Waals surface area contributed by atoms with Crippen LogP contribution in [0.25, 0.3) is 0 Å². The Balaban J connectivity index is 1.93. The van der Waals surface area contributed by atoms with Gasteiger partial charge in [0.15, 0.2) is 0 Å². The number of nitrogen functional groups attached to an aromatic ring is 1. The maximum absolute atomic E-state index is 6.09. The number of hydrazine groups is 1. The van der Waals surface area contributed by atoms with E-state index in [4.69, 9.17) is 33.8 Å². The van der Waals surface area contributed by atoms with E-state index in [1.165, 1.54) is 0 Å². The van der Waals surface area contributed by atoms with E-state index >= 15 is 0 Å². The normalized spacial score (nSPS) is 14.2. The average Bonchev–Trinajstić information content (AvgIpc) is 3.28. The zero-order chi connectivity index (χ0) is 14.1. The summed E-state index contributed by atoms with van der Waals surface area (Å²) >= 11 is 12.0. The van der Waals surface area contributed by atoms with Gasteiger partial charge in [-0.3, -0.25) is 0 Å². The van der Waals surface area contributed by atoms with Crippen molar-refractivity contribution in [3.63, 3.8) is 0 Å². The van der Waals surface area contributed by atoms with Gasteiger partial charge >= 0.3 is 0 Å². The van der Waals surface area contributed by atoms with Gasteiger partial charge in [0.05, 0.1) is 5.02 Å². The van der Waals surface area contributed by atoms with E-state index in [9.17, 15) is 0 Å². The topological polar surface area (TPSA) is 73.1 Å². The van der Waals surface area contributed by atoms with Gasteiger partial charge in [-0.25, -0.2) is 10.8 Å². The molecule has 1 aromatic carbocycles. The Labute approximate surface area is 126 Å². The summed E-state index contributed by atoms with van der Waals surface area (Å²) in [6.45, 7) is 0. The van der Waals surface area contributed by atoms with Gasteiger partial charge in [0.25, 0.3) is 0 Å². The van der Waals surface area contributed by atoms with Gasteiger partial charge in [0, 0.05) is 12.0 Å². The zero-order valence-corrected chi connectivity index (χ0v) is 11.9. The zero-order valence-electron chi connectivity index (χ0n) is 10.4. The highest BCUT2D eigenvalue weighted by atomic mass is 35.5. The van der Waals surface area contributed by atoms with Crippen LogP contribution in [0.4, 0.5) is 5.82 Å². The highest BCUT2D eigenvalue weighted by molar-refractivity contribution is 6.42. The molecule has 0 bridgehead atoms. The molecule has 1 aliphatic carbocycles. The molecule has 2 aromatic rings. The molecule has 104 valence electrons. The fourth-order valence-electron chi connectivity index (χ4n) is 1.77. The number of aromatic nitrogens is 2. The lowest BCUT2D eigenvalue weighted by atomic mass is 10.3. The van der Waals surface area contributed by atoms with Crippen LogP contribution >= 0.6 is 23.2 Å². The van der Waals surface area contributed by atoms with Gasteiger partial charge in [0.2, 0.25) is 5.88 Å². The number of halogens is 2. The van der Waals surface area contributed by atoms with Gasteiger partial charge in [-0.2, -0.15) is 4.98 Å². The molecule has 20 heavy (non-hydrogen) atoms. The molecule has 3 rings (SSSR count). The predicted molar refractivity (Wildman–Crippen MR) is 78.4 cm³/mol. The molecule has 0 spiro atoms. The molecule has 1 aliphatic rings. The molecule has 1 heterocycles. The van der Waals surface area contributed by atoms with Crippen molar-refractivity contribution < 1.29 is 4.74 Å². The molecule has 7 heteroatoms. The first-order chi connectivity index (χ1) is 9.67. The first kappa shape index (κ1) is 13.4. The first-order valence-electron chi connectivity index (χ1n) is 6.15. The number of hydrogen-bond acceptors (Lipinski definition) is 5. The predicted octanol–water partition coefficient (Wildman–Crippen LogP) is 3.74. The second kappa shape index (κ2) is 5.44. The summed E-state index contributed by atoms with van der Waals surface area (Å²) in [5, 5.41) is 0.779. The first-order valence-corrected chi connectivity index (χ1v) is 6.90. The fourth-order valence-corrected chi connectivity index (χ4v) is 2.10. The van der Waals surface area contributed by atoms with Gasteiger partial charge in [-0.1, -0.05) is 29.3 Å². The molecule has 0 aliphatic heterocycles. The third-order valence-electron chi connectivity index (χ3n) is 2.94. The molecule has 0 unspecified atom stereocenters. The summed E-state index contributed by atoms with van der Waals surface area (Å²) in [6, 6.07) is 6.79. The molecule has 5 nitrogen and oxygen atoms in total. The lowest BCUT2D eigenvalue weighted by molar-refractivity contribution is 0.459. The van der Waals surface area contributed by atoms with E-state index in [2.05, 4.69) is 15.4 Å². The number of nitrogens with zero attached hydrogens (tertiary/aromatic N) is 2. The number of benzene rings is 1. The molecule has 1 fully saturated rings. The fraction of sp³-hybridized carbons (Fsp3) is 0.231. The van der Waals surface area contributed by atoms with Crippen molar-refractivity contribution in [1.29, 1.82) is 0 Å². The van der Waals surface area contributed by atoms with Crippen molar-refractivity contribution in [3.05, 3.63) is 40.1 Å². The van der Waals surface area contributed by atoms with Crippen LogP contribution in [0.15, 0.2) is 24.3 Å². The van der Waals surface area contributed by atoms with Crippen LogP contribution < -0.4 is 16.0 Å². The Morgan fingerprint density at radius 1 is 1.25 bits per heavy atom. The standard InChI is InChI=1S/C13H12Cl2N4O/c14-8-2-1-3-9(12(8)15)20-11-6-10(19-16)17-13(18-11)7-4-5-7/h1-3,6-7H,4-5,16H2,(H,17,18,19). The van der Waals surface area contributed by atoms with Crippen molar-refractivity contribution in [2.24, 2.45) is 5.84 Å². The molecule has 0 amide bonds. The number of nitrogens with two attached hydrogens (primary N) is 1. The summed E-state index contributed by atoms with van der Waals surface area (Å²) in [4.78, 5) is 8.69. The third-order valence-corrected chi connectivity index (χ3v) is 3.74. The Kier molecular flexibility index (Phi) is 3.65. The molecular formula is C13H12Cl2N4O. The molecule has 0 atom stereocenters. The van der Waals surface area contributed by atoms with E-state index < -0.39 is 0 Å². The number of ether oxygens (including phenoxy) is 1. The summed E-state index contributed by atoms with van der Waals surface area (Å²) < 4.78 is 5.69. The van der Waals surface area contributed by atoms with Crippen LogP contribution in [0, 0.1) is 0 Å². The van der Waals surface area contributed by atoms with Crippen LogP contribution in [-0.4, -0.2) is 9.97 Å². The Bertz CT molecular complexity index is 646. The molecule has 1 aromatic heterocycles. The summed E-state index contributed by atoms with van der Waals surface area (Å²) in [6.07, 6.45) is 2.18. The minimum Gasteiger partial charge on any atom is -0.437 e. The van der Waals surface area contributed by atoms with Crippen molar-refractivity contribution in [3.8, 4) is 11.6 Å². The van der Waals surface area contributed by atoms with Gasteiger partial charge in [0.1, 0.15) is 22.4 Å². The van der Waals surface area contributed by atoms with Gasteiger partial charge < -0.3 is 10.2 Å². The lowest BCUT2D eigenvalue weighted by Gasteiger charge is -2.10. The monoisotopic (exact) mass is 310 g/mol. The van der Waals surface area contributed by atoms with Crippen molar-refractivity contribution in [2.75, 3.05) is 5.43 Å². The lowest BCUT2D eigenvalue weighted by Crippen LogP contribution is -2.10. The second-order valence-corrected chi connectivity index (χ2v) is 5.31. The minimum atomic E-state index is 0.350. The van der Waals surface area contributed by atoms with Crippen molar-refractivity contribution in [2.45, 2.75) is 18.8 Å².